The monoisotopic (exact) mass is 659 g/mol. The lowest BCUT2D eigenvalue weighted by Crippen LogP contribution is -2.39. The van der Waals surface area contributed by atoms with E-state index in [-0.39, 0.29) is 10.9 Å². The summed E-state index contributed by atoms with van der Waals surface area (Å²) in [6, 6.07) is 18.9. The molecule has 0 fully saturated rings. The molecule has 1 aliphatic rings. The van der Waals surface area contributed by atoms with E-state index in [0.29, 0.717) is 16.5 Å². The van der Waals surface area contributed by atoms with Gasteiger partial charge < -0.3 is 10.6 Å². The minimum atomic E-state index is -1.66. The van der Waals surface area contributed by atoms with E-state index in [9.17, 15) is 4.21 Å². The van der Waals surface area contributed by atoms with Crippen molar-refractivity contribution in [2.45, 2.75) is 46.1 Å². The summed E-state index contributed by atoms with van der Waals surface area (Å²) in [5.74, 6) is 7.30. The van der Waals surface area contributed by atoms with Gasteiger partial charge >= 0.3 is 0 Å². The summed E-state index contributed by atoms with van der Waals surface area (Å²) in [5, 5.41) is 6.49. The summed E-state index contributed by atoms with van der Waals surface area (Å²) >= 11 is 9.14. The number of nitrogens with two attached hydrogens (primary N) is 2. The maximum Gasteiger partial charge on any atom is 0.183 e. The number of fused-ring (bicyclic) bond motifs is 1. The zero-order valence-corrected chi connectivity index (χ0v) is 29.5. The molecule has 6 nitrogen and oxygen atoms in total. The maximum atomic E-state index is 13.1. The number of hydrazine groups is 1. The maximum absolute atomic E-state index is 13.1. The van der Waals surface area contributed by atoms with Crippen molar-refractivity contribution in [3.05, 3.63) is 130 Å². The molecule has 4 rings (SSSR count). The molecule has 0 saturated carbocycles. The first-order valence-corrected chi connectivity index (χ1v) is 17.3. The van der Waals surface area contributed by atoms with E-state index in [2.05, 4.69) is 25.3 Å². The molecule has 0 saturated heterocycles. The minimum absolute atomic E-state index is 0.0735. The Bertz CT molecular complexity index is 1350. The second-order valence-corrected chi connectivity index (χ2v) is 11.8. The fourth-order valence-corrected chi connectivity index (χ4v) is 5.23. The van der Waals surface area contributed by atoms with Gasteiger partial charge in [0.2, 0.25) is 0 Å². The van der Waals surface area contributed by atoms with E-state index in [4.69, 9.17) is 28.2 Å². The molecule has 0 aliphatic carbocycles. The van der Waals surface area contributed by atoms with E-state index >= 15 is 0 Å². The number of benzene rings is 2. The van der Waals surface area contributed by atoms with Gasteiger partial charge in [0.1, 0.15) is 26.7 Å². The average molecular weight is 660 g/mol. The number of amidine groups is 1. The highest BCUT2D eigenvalue weighted by Crippen LogP contribution is 2.35. The molecule has 1 atom stereocenters. The predicted octanol–water partition coefficient (Wildman–Crippen LogP) is 9.16. The average Bonchev–Trinajstić information content (AvgIpc) is 3.53. The molecule has 0 amide bonds. The van der Waals surface area contributed by atoms with Crippen molar-refractivity contribution < 1.29 is 4.21 Å². The molecule has 0 radical (unpaired) electrons. The van der Waals surface area contributed by atoms with E-state index in [1.807, 2.05) is 94.6 Å². The van der Waals surface area contributed by atoms with Gasteiger partial charge in [0.15, 0.2) is 5.82 Å². The number of anilines is 1. The second kappa shape index (κ2) is 23.4. The molecule has 0 spiro atoms. The Balaban J connectivity index is 0.00000116. The van der Waals surface area contributed by atoms with Crippen LogP contribution in [0.5, 0.6) is 0 Å². The normalized spacial score (nSPS) is 13.0. The molecular formula is C33H46ClN5OS3. The molecule has 234 valence electrons. The summed E-state index contributed by atoms with van der Waals surface area (Å²) in [7, 11) is 0.302. The van der Waals surface area contributed by atoms with Crippen molar-refractivity contribution in [2.75, 3.05) is 18.3 Å². The summed E-state index contributed by atoms with van der Waals surface area (Å²) in [4.78, 5) is 7.24. The molecule has 2 aromatic carbocycles. The van der Waals surface area contributed by atoms with Crippen molar-refractivity contribution in [3.63, 3.8) is 0 Å². The van der Waals surface area contributed by atoms with Crippen LogP contribution in [0.1, 0.15) is 45.7 Å². The van der Waals surface area contributed by atoms with Crippen molar-refractivity contribution in [2.24, 2.45) is 16.6 Å². The van der Waals surface area contributed by atoms with Crippen LogP contribution in [0.25, 0.3) is 0 Å². The van der Waals surface area contributed by atoms with Crippen LogP contribution in [0, 0.1) is 0 Å². The molecule has 10 heteroatoms. The molecule has 2 heterocycles. The van der Waals surface area contributed by atoms with E-state index in [1.54, 1.807) is 47.5 Å². The van der Waals surface area contributed by atoms with Gasteiger partial charge in [-0.1, -0.05) is 86.7 Å². The van der Waals surface area contributed by atoms with Crippen molar-refractivity contribution in [1.82, 2.24) is 4.90 Å². The van der Waals surface area contributed by atoms with Crippen LogP contribution < -0.4 is 16.6 Å². The number of nitrogens with zero attached hydrogens (tertiary/aromatic N) is 3. The quantitative estimate of drug-likeness (QED) is 0.210. The third-order valence-corrected chi connectivity index (χ3v) is 7.84. The van der Waals surface area contributed by atoms with Crippen LogP contribution >= 0.6 is 34.7 Å². The fourth-order valence-electron chi connectivity index (χ4n) is 3.16. The zero-order chi connectivity index (χ0) is 32.8. The van der Waals surface area contributed by atoms with Crippen LogP contribution in [0.15, 0.2) is 124 Å². The standard InChI is InChI=1S/C21H20ClN5OS2.C4H8.C3H6S.C3H6.C2H6/c1-26(13-14-6-3-2-4-7-14)19-17-10-11-29-21(17)27(24)20(25-19)18(23)30(28)16-9-5-8-15(22)12-16;2*1-3-4-2;1-3-2;1-2/h2-12H,13,23-24H2,1H3;3-4H,1-2H3;3H,1H2,2H3;3H,1H2,2H3;1-2H3/b20-18+;4-3-;;;. The summed E-state index contributed by atoms with van der Waals surface area (Å²) in [6.07, 6.45) is 7.73. The largest absolute Gasteiger partial charge is 0.388 e. The zero-order valence-electron chi connectivity index (χ0n) is 26.3. The van der Waals surface area contributed by atoms with E-state index in [1.165, 1.54) is 16.3 Å². The number of rotatable bonds is 5. The number of thioether (sulfide) groups is 1. The molecule has 1 aromatic heterocycles. The lowest BCUT2D eigenvalue weighted by atomic mass is 10.2. The lowest BCUT2D eigenvalue weighted by Gasteiger charge is -2.30. The van der Waals surface area contributed by atoms with Crippen molar-refractivity contribution in [3.8, 4) is 0 Å². The van der Waals surface area contributed by atoms with Crippen LogP contribution in [0.4, 0.5) is 5.00 Å². The Labute approximate surface area is 275 Å². The number of thiophene rings is 1. The topological polar surface area (TPSA) is 88.0 Å². The van der Waals surface area contributed by atoms with Gasteiger partial charge in [-0.2, -0.15) is 0 Å². The van der Waals surface area contributed by atoms with Crippen LogP contribution in [0.3, 0.4) is 0 Å². The van der Waals surface area contributed by atoms with Crippen LogP contribution in [0.2, 0.25) is 5.02 Å². The first-order valence-electron chi connectivity index (χ1n) is 13.6. The number of allylic oxidation sites excluding steroid dienone is 3. The Morgan fingerprint density at radius 3 is 2.19 bits per heavy atom. The summed E-state index contributed by atoms with van der Waals surface area (Å²) < 4.78 is 13.1. The molecule has 4 N–H and O–H groups in total. The van der Waals surface area contributed by atoms with Crippen LogP contribution in [-0.4, -0.2) is 28.2 Å². The van der Waals surface area contributed by atoms with Crippen LogP contribution in [-0.2, 0) is 17.3 Å². The number of halogens is 1. The van der Waals surface area contributed by atoms with Crippen molar-refractivity contribution >= 4 is 56.3 Å². The number of hydrogen-bond donors (Lipinski definition) is 2. The fraction of sp³-hybridized carbons (Fsp3) is 0.242. The molecule has 3 aromatic rings. The highest BCUT2D eigenvalue weighted by Gasteiger charge is 2.29. The predicted molar refractivity (Wildman–Crippen MR) is 196 cm³/mol. The number of aliphatic imine (C=N–C) groups is 1. The van der Waals surface area contributed by atoms with Crippen molar-refractivity contribution in [1.29, 1.82) is 0 Å². The van der Waals surface area contributed by atoms with Gasteiger partial charge in [-0.3, -0.25) is 0 Å². The van der Waals surface area contributed by atoms with Gasteiger partial charge in [-0.25, -0.2) is 20.1 Å². The molecular weight excluding hydrogens is 614 g/mol. The van der Waals surface area contributed by atoms with E-state index in [0.717, 1.165) is 22.0 Å². The Morgan fingerprint density at radius 1 is 1.09 bits per heavy atom. The Hall–Kier alpha value is -3.08. The molecule has 1 aliphatic heterocycles. The minimum Gasteiger partial charge on any atom is -0.388 e. The molecule has 0 bridgehead atoms. The van der Waals surface area contributed by atoms with Gasteiger partial charge in [-0.15, -0.1) is 29.7 Å². The smallest absolute Gasteiger partial charge is 0.183 e. The third-order valence-electron chi connectivity index (χ3n) is 5.10. The van der Waals surface area contributed by atoms with Gasteiger partial charge in [-0.05, 0) is 67.6 Å². The van der Waals surface area contributed by atoms with Gasteiger partial charge in [0.25, 0.3) is 0 Å². The third kappa shape index (κ3) is 13.4. The first-order chi connectivity index (χ1) is 20.7. The number of hydrogen-bond acceptors (Lipinski definition) is 8. The van der Waals surface area contributed by atoms with E-state index < -0.39 is 10.8 Å². The van der Waals surface area contributed by atoms with Gasteiger partial charge in [0, 0.05) is 23.5 Å². The highest BCUT2D eigenvalue weighted by atomic mass is 35.5. The summed E-state index contributed by atoms with van der Waals surface area (Å²) in [5.41, 5.74) is 8.36. The Kier molecular flexibility index (Phi) is 21.7. The molecule has 1 unspecified atom stereocenters. The Morgan fingerprint density at radius 2 is 1.67 bits per heavy atom. The second-order valence-electron chi connectivity index (χ2n) is 8.18. The van der Waals surface area contributed by atoms with Gasteiger partial charge in [0.05, 0.1) is 5.56 Å². The molecule has 43 heavy (non-hydrogen) atoms. The SMILES string of the molecule is C/C=C\C.C=CC.C=CSC.CC.CN(Cc1ccccc1)C1=N/C(=C(/N)S(=O)c2cccc(Cl)c2)N(N)c2sccc21. The summed E-state index contributed by atoms with van der Waals surface area (Å²) in [6.45, 7) is 17.3. The first kappa shape index (κ1) is 39.9. The highest BCUT2D eigenvalue weighted by molar-refractivity contribution is 8.01. The lowest BCUT2D eigenvalue weighted by molar-refractivity contribution is 0.499.